The lowest BCUT2D eigenvalue weighted by molar-refractivity contribution is 0.0795. The molecule has 2 saturated heterocycles. The van der Waals surface area contributed by atoms with E-state index >= 15 is 0 Å². The van der Waals surface area contributed by atoms with Gasteiger partial charge in [0, 0.05) is 12.6 Å². The van der Waals surface area contributed by atoms with Crippen molar-refractivity contribution in [3.63, 3.8) is 0 Å². The number of nitrogens with zero attached hydrogens (tertiary/aromatic N) is 1. The first-order chi connectivity index (χ1) is 8.69. The monoisotopic (exact) mass is 252 g/mol. The van der Waals surface area contributed by atoms with Crippen molar-refractivity contribution in [2.24, 2.45) is 11.3 Å². The van der Waals surface area contributed by atoms with E-state index in [-0.39, 0.29) is 0 Å². The van der Waals surface area contributed by atoms with Crippen LogP contribution in [0.3, 0.4) is 0 Å². The molecule has 2 nitrogen and oxygen atoms in total. The third-order valence-electron chi connectivity index (χ3n) is 5.80. The smallest absolute Gasteiger partial charge is 0.0220 e. The van der Waals surface area contributed by atoms with Gasteiger partial charge < -0.3 is 10.2 Å². The molecule has 2 unspecified atom stereocenters. The first-order valence-electron chi connectivity index (χ1n) is 8.15. The number of hydrogen-bond acceptors (Lipinski definition) is 2. The molecule has 2 heterocycles. The molecule has 0 radical (unpaired) electrons. The van der Waals surface area contributed by atoms with E-state index in [0.717, 1.165) is 12.0 Å². The van der Waals surface area contributed by atoms with E-state index in [1.54, 1.807) is 0 Å². The van der Waals surface area contributed by atoms with Gasteiger partial charge in [-0.25, -0.2) is 0 Å². The normalized spacial score (nSPS) is 33.5. The molecule has 106 valence electrons. The highest BCUT2D eigenvalue weighted by molar-refractivity contribution is 4.87. The first kappa shape index (κ1) is 14.3. The number of nitrogens with one attached hydrogen (secondary N) is 1. The standard InChI is InChI=1S/C16H32N2/c1-4-16(5-2)8-11-18(12-9-16)13-15-14(3)7-6-10-17-15/h14-15,17H,4-13H2,1-3H3. The maximum Gasteiger partial charge on any atom is 0.0220 e. The van der Waals surface area contributed by atoms with Crippen LogP contribution in [0.25, 0.3) is 0 Å². The van der Waals surface area contributed by atoms with Crippen molar-refractivity contribution in [1.82, 2.24) is 10.2 Å². The minimum absolute atomic E-state index is 0.669. The molecule has 0 spiro atoms. The fraction of sp³-hybridized carbons (Fsp3) is 1.00. The summed E-state index contributed by atoms with van der Waals surface area (Å²) in [4.78, 5) is 2.71. The Morgan fingerprint density at radius 3 is 2.39 bits per heavy atom. The Kier molecular flexibility index (Phi) is 5.08. The van der Waals surface area contributed by atoms with Crippen LogP contribution in [0.1, 0.15) is 59.3 Å². The largest absolute Gasteiger partial charge is 0.312 e. The van der Waals surface area contributed by atoms with Crippen LogP contribution < -0.4 is 5.32 Å². The zero-order valence-corrected chi connectivity index (χ0v) is 12.7. The Labute approximate surface area is 114 Å². The minimum Gasteiger partial charge on any atom is -0.312 e. The summed E-state index contributed by atoms with van der Waals surface area (Å²) in [6.45, 7) is 12.3. The van der Waals surface area contributed by atoms with Gasteiger partial charge in [0.05, 0.1) is 0 Å². The predicted molar refractivity (Wildman–Crippen MR) is 78.9 cm³/mol. The van der Waals surface area contributed by atoms with E-state index in [0.29, 0.717) is 5.41 Å². The molecular weight excluding hydrogens is 220 g/mol. The number of likely N-dealkylation sites (tertiary alicyclic amines) is 1. The van der Waals surface area contributed by atoms with Gasteiger partial charge in [-0.15, -0.1) is 0 Å². The molecule has 1 N–H and O–H groups in total. The summed E-state index contributed by atoms with van der Waals surface area (Å²) in [5, 5.41) is 3.72. The van der Waals surface area contributed by atoms with Crippen molar-refractivity contribution < 1.29 is 0 Å². The lowest BCUT2D eigenvalue weighted by Crippen LogP contribution is -2.50. The SMILES string of the molecule is CCC1(CC)CCN(CC2NCCCC2C)CC1. The van der Waals surface area contributed by atoms with Crippen LogP contribution in [0.15, 0.2) is 0 Å². The second-order valence-corrected chi connectivity index (χ2v) is 6.69. The third kappa shape index (κ3) is 3.27. The molecule has 2 heteroatoms. The topological polar surface area (TPSA) is 15.3 Å². The lowest BCUT2D eigenvalue weighted by Gasteiger charge is -2.43. The maximum atomic E-state index is 3.72. The molecule has 0 aromatic heterocycles. The molecule has 0 amide bonds. The summed E-state index contributed by atoms with van der Waals surface area (Å²) in [5.41, 5.74) is 0.669. The van der Waals surface area contributed by atoms with E-state index < -0.39 is 0 Å². The summed E-state index contributed by atoms with van der Waals surface area (Å²) in [6.07, 6.45) is 8.36. The van der Waals surface area contributed by atoms with Crippen LogP contribution in [-0.4, -0.2) is 37.1 Å². The molecular formula is C16H32N2. The van der Waals surface area contributed by atoms with Crippen LogP contribution in [0.5, 0.6) is 0 Å². The van der Waals surface area contributed by atoms with Crippen LogP contribution in [0, 0.1) is 11.3 Å². The molecule has 2 fully saturated rings. The van der Waals surface area contributed by atoms with Crippen LogP contribution in [-0.2, 0) is 0 Å². The number of piperidine rings is 2. The van der Waals surface area contributed by atoms with Crippen LogP contribution in [0.4, 0.5) is 0 Å². The lowest BCUT2D eigenvalue weighted by atomic mass is 9.74. The van der Waals surface area contributed by atoms with Gasteiger partial charge in [0.15, 0.2) is 0 Å². The Balaban J connectivity index is 1.79. The molecule has 0 bridgehead atoms. The highest BCUT2D eigenvalue weighted by Gasteiger charge is 2.32. The van der Waals surface area contributed by atoms with Gasteiger partial charge in [0.2, 0.25) is 0 Å². The molecule has 0 aromatic carbocycles. The van der Waals surface area contributed by atoms with E-state index in [1.807, 2.05) is 0 Å². The molecule has 18 heavy (non-hydrogen) atoms. The van der Waals surface area contributed by atoms with Crippen molar-refractivity contribution in [3.05, 3.63) is 0 Å². The van der Waals surface area contributed by atoms with E-state index in [2.05, 4.69) is 31.0 Å². The van der Waals surface area contributed by atoms with Gasteiger partial charge in [0.1, 0.15) is 0 Å². The van der Waals surface area contributed by atoms with E-state index in [1.165, 1.54) is 64.7 Å². The van der Waals surface area contributed by atoms with Crippen molar-refractivity contribution in [1.29, 1.82) is 0 Å². The van der Waals surface area contributed by atoms with Gasteiger partial charge in [0.25, 0.3) is 0 Å². The Morgan fingerprint density at radius 1 is 1.17 bits per heavy atom. The van der Waals surface area contributed by atoms with Gasteiger partial charge in [-0.1, -0.05) is 33.6 Å². The second kappa shape index (κ2) is 6.38. The molecule has 0 aliphatic carbocycles. The summed E-state index contributed by atoms with van der Waals surface area (Å²) >= 11 is 0. The molecule has 2 atom stereocenters. The molecule has 2 rings (SSSR count). The van der Waals surface area contributed by atoms with Crippen molar-refractivity contribution in [3.8, 4) is 0 Å². The average molecular weight is 252 g/mol. The second-order valence-electron chi connectivity index (χ2n) is 6.69. The van der Waals surface area contributed by atoms with E-state index in [9.17, 15) is 0 Å². The fourth-order valence-corrected chi connectivity index (χ4v) is 3.80. The van der Waals surface area contributed by atoms with Gasteiger partial charge >= 0.3 is 0 Å². The highest BCUT2D eigenvalue weighted by atomic mass is 15.2. The molecule has 2 aliphatic rings. The molecule has 2 aliphatic heterocycles. The van der Waals surface area contributed by atoms with Crippen molar-refractivity contribution >= 4 is 0 Å². The summed E-state index contributed by atoms with van der Waals surface area (Å²) in [7, 11) is 0. The Hall–Kier alpha value is -0.0800. The molecule has 0 saturated carbocycles. The maximum absolute atomic E-state index is 3.72. The van der Waals surface area contributed by atoms with E-state index in [4.69, 9.17) is 0 Å². The Bertz CT molecular complexity index is 237. The van der Waals surface area contributed by atoms with Crippen molar-refractivity contribution in [2.75, 3.05) is 26.2 Å². The van der Waals surface area contributed by atoms with Crippen LogP contribution >= 0.6 is 0 Å². The average Bonchev–Trinajstić information content (AvgIpc) is 2.43. The molecule has 0 aromatic rings. The quantitative estimate of drug-likeness (QED) is 0.826. The summed E-state index contributed by atoms with van der Waals surface area (Å²) in [6, 6.07) is 0.745. The zero-order chi connectivity index (χ0) is 13.0. The number of rotatable bonds is 4. The first-order valence-corrected chi connectivity index (χ1v) is 8.15. The van der Waals surface area contributed by atoms with Crippen LogP contribution in [0.2, 0.25) is 0 Å². The van der Waals surface area contributed by atoms with Gasteiger partial charge in [-0.2, -0.15) is 0 Å². The minimum atomic E-state index is 0.669. The number of hydrogen-bond donors (Lipinski definition) is 1. The summed E-state index contributed by atoms with van der Waals surface area (Å²) in [5.74, 6) is 0.864. The highest BCUT2D eigenvalue weighted by Crippen LogP contribution is 2.38. The fourth-order valence-electron chi connectivity index (χ4n) is 3.80. The summed E-state index contributed by atoms with van der Waals surface area (Å²) < 4.78 is 0. The van der Waals surface area contributed by atoms with Crippen molar-refractivity contribution in [2.45, 2.75) is 65.3 Å². The zero-order valence-electron chi connectivity index (χ0n) is 12.7. The van der Waals surface area contributed by atoms with Gasteiger partial charge in [-0.3, -0.25) is 0 Å². The predicted octanol–water partition coefficient (Wildman–Crippen LogP) is 3.28. The van der Waals surface area contributed by atoms with Gasteiger partial charge in [-0.05, 0) is 56.7 Å². The third-order valence-corrected chi connectivity index (χ3v) is 5.80. The Morgan fingerprint density at radius 2 is 1.83 bits per heavy atom.